The molecule has 1 saturated heterocycles. The first-order chi connectivity index (χ1) is 10.2. The van der Waals surface area contributed by atoms with Crippen LogP contribution in [0.4, 0.5) is 4.39 Å². The molecule has 2 aromatic rings. The molecule has 0 saturated carbocycles. The Morgan fingerprint density at radius 2 is 2.14 bits per heavy atom. The summed E-state index contributed by atoms with van der Waals surface area (Å²) in [7, 11) is 0. The maximum Gasteiger partial charge on any atom is 0.123 e. The molecule has 0 bridgehead atoms. The third-order valence-corrected chi connectivity index (χ3v) is 4.41. The lowest BCUT2D eigenvalue weighted by Gasteiger charge is -2.32. The molecule has 1 aliphatic rings. The SMILES string of the molecule is Cc1cn[nH]c1[C@@H]1CCCN(CCc2ccc(F)cc2)C1. The number of hydrogen-bond acceptors (Lipinski definition) is 2. The van der Waals surface area contributed by atoms with Crippen LogP contribution in [0.5, 0.6) is 0 Å². The first-order valence-corrected chi connectivity index (χ1v) is 7.69. The first-order valence-electron chi connectivity index (χ1n) is 7.69. The Hall–Kier alpha value is -1.68. The Morgan fingerprint density at radius 1 is 1.33 bits per heavy atom. The Kier molecular flexibility index (Phi) is 4.34. The van der Waals surface area contributed by atoms with Crippen LogP contribution in [0.15, 0.2) is 30.5 Å². The quantitative estimate of drug-likeness (QED) is 0.936. The molecule has 3 nitrogen and oxygen atoms in total. The molecule has 1 aromatic heterocycles. The number of rotatable bonds is 4. The van der Waals surface area contributed by atoms with Gasteiger partial charge >= 0.3 is 0 Å². The normalized spacial score (nSPS) is 19.8. The molecule has 1 aromatic carbocycles. The van der Waals surface area contributed by atoms with Crippen molar-refractivity contribution in [2.75, 3.05) is 19.6 Å². The van der Waals surface area contributed by atoms with Crippen molar-refractivity contribution in [2.24, 2.45) is 0 Å². The van der Waals surface area contributed by atoms with Gasteiger partial charge in [0, 0.05) is 24.7 Å². The van der Waals surface area contributed by atoms with E-state index in [0.29, 0.717) is 5.92 Å². The van der Waals surface area contributed by atoms with Crippen LogP contribution in [-0.4, -0.2) is 34.7 Å². The molecule has 4 heteroatoms. The summed E-state index contributed by atoms with van der Waals surface area (Å²) in [6, 6.07) is 6.86. The molecule has 0 amide bonds. The molecule has 0 spiro atoms. The smallest absolute Gasteiger partial charge is 0.123 e. The average Bonchev–Trinajstić information content (AvgIpc) is 2.93. The largest absolute Gasteiger partial charge is 0.302 e. The second kappa shape index (κ2) is 6.39. The first kappa shape index (κ1) is 14.3. The van der Waals surface area contributed by atoms with Crippen molar-refractivity contribution in [1.29, 1.82) is 0 Å². The Labute approximate surface area is 125 Å². The zero-order chi connectivity index (χ0) is 14.7. The van der Waals surface area contributed by atoms with Gasteiger partial charge in [-0.15, -0.1) is 0 Å². The fourth-order valence-electron chi connectivity index (χ4n) is 3.20. The summed E-state index contributed by atoms with van der Waals surface area (Å²) in [5.41, 5.74) is 3.76. The number of aryl methyl sites for hydroxylation is 1. The Balaban J connectivity index is 1.56. The van der Waals surface area contributed by atoms with Gasteiger partial charge < -0.3 is 4.90 Å². The lowest BCUT2D eigenvalue weighted by atomic mass is 9.92. The molecule has 0 aliphatic carbocycles. The summed E-state index contributed by atoms with van der Waals surface area (Å²) in [4.78, 5) is 2.51. The minimum Gasteiger partial charge on any atom is -0.302 e. The van der Waals surface area contributed by atoms with E-state index in [-0.39, 0.29) is 5.82 Å². The van der Waals surface area contributed by atoms with Gasteiger partial charge in [-0.2, -0.15) is 5.10 Å². The molecule has 0 radical (unpaired) electrons. The van der Waals surface area contributed by atoms with E-state index in [2.05, 4.69) is 22.0 Å². The fourth-order valence-corrected chi connectivity index (χ4v) is 3.20. The number of benzene rings is 1. The number of halogens is 1. The van der Waals surface area contributed by atoms with E-state index in [4.69, 9.17) is 0 Å². The number of H-pyrrole nitrogens is 1. The lowest BCUT2D eigenvalue weighted by Crippen LogP contribution is -2.36. The summed E-state index contributed by atoms with van der Waals surface area (Å²) in [5.74, 6) is 0.404. The van der Waals surface area contributed by atoms with Gasteiger partial charge in [-0.25, -0.2) is 4.39 Å². The number of piperidine rings is 1. The van der Waals surface area contributed by atoms with E-state index in [1.165, 1.54) is 29.7 Å². The maximum absolute atomic E-state index is 12.9. The fraction of sp³-hybridized carbons (Fsp3) is 0.471. The van der Waals surface area contributed by atoms with Crippen molar-refractivity contribution >= 4 is 0 Å². The van der Waals surface area contributed by atoms with E-state index in [1.807, 2.05) is 18.3 Å². The molecule has 1 atom stereocenters. The van der Waals surface area contributed by atoms with Crippen LogP contribution >= 0.6 is 0 Å². The predicted molar refractivity (Wildman–Crippen MR) is 81.8 cm³/mol. The number of hydrogen-bond donors (Lipinski definition) is 1. The van der Waals surface area contributed by atoms with E-state index in [9.17, 15) is 4.39 Å². The van der Waals surface area contributed by atoms with Crippen LogP contribution in [0.2, 0.25) is 0 Å². The Morgan fingerprint density at radius 3 is 2.86 bits per heavy atom. The molecule has 112 valence electrons. The van der Waals surface area contributed by atoms with Gasteiger partial charge in [0.2, 0.25) is 0 Å². The highest BCUT2D eigenvalue weighted by Gasteiger charge is 2.23. The van der Waals surface area contributed by atoms with Crippen molar-refractivity contribution in [3.63, 3.8) is 0 Å². The molecule has 3 rings (SSSR count). The average molecular weight is 287 g/mol. The monoisotopic (exact) mass is 287 g/mol. The maximum atomic E-state index is 12.9. The van der Waals surface area contributed by atoms with Gasteiger partial charge in [-0.3, -0.25) is 5.10 Å². The number of nitrogens with one attached hydrogen (secondary N) is 1. The van der Waals surface area contributed by atoms with Crippen LogP contribution in [0, 0.1) is 12.7 Å². The lowest BCUT2D eigenvalue weighted by molar-refractivity contribution is 0.208. The number of aromatic amines is 1. The molecule has 21 heavy (non-hydrogen) atoms. The molecular formula is C17H22FN3. The van der Waals surface area contributed by atoms with Crippen LogP contribution < -0.4 is 0 Å². The zero-order valence-electron chi connectivity index (χ0n) is 12.5. The van der Waals surface area contributed by atoms with Crippen molar-refractivity contribution in [2.45, 2.75) is 32.1 Å². The highest BCUT2D eigenvalue weighted by molar-refractivity contribution is 5.20. The van der Waals surface area contributed by atoms with Crippen molar-refractivity contribution in [3.8, 4) is 0 Å². The predicted octanol–water partition coefficient (Wildman–Crippen LogP) is 3.28. The topological polar surface area (TPSA) is 31.9 Å². The highest BCUT2D eigenvalue weighted by Crippen LogP contribution is 2.27. The number of nitrogens with zero attached hydrogens (tertiary/aromatic N) is 2. The van der Waals surface area contributed by atoms with Crippen molar-refractivity contribution in [3.05, 3.63) is 53.1 Å². The third-order valence-electron chi connectivity index (χ3n) is 4.41. The van der Waals surface area contributed by atoms with Gasteiger partial charge in [0.1, 0.15) is 5.82 Å². The molecule has 1 N–H and O–H groups in total. The minimum absolute atomic E-state index is 0.161. The van der Waals surface area contributed by atoms with Crippen LogP contribution in [0.25, 0.3) is 0 Å². The van der Waals surface area contributed by atoms with Gasteiger partial charge in [0.25, 0.3) is 0 Å². The third kappa shape index (κ3) is 3.50. The summed E-state index contributed by atoms with van der Waals surface area (Å²) < 4.78 is 12.9. The summed E-state index contributed by atoms with van der Waals surface area (Å²) in [6.07, 6.45) is 5.35. The molecular weight excluding hydrogens is 265 g/mol. The van der Waals surface area contributed by atoms with Gasteiger partial charge in [-0.05, 0) is 56.0 Å². The van der Waals surface area contributed by atoms with E-state index >= 15 is 0 Å². The number of aromatic nitrogens is 2. The second-order valence-corrected chi connectivity index (χ2v) is 5.98. The van der Waals surface area contributed by atoms with Crippen molar-refractivity contribution < 1.29 is 4.39 Å². The summed E-state index contributed by atoms with van der Waals surface area (Å²) >= 11 is 0. The molecule has 2 heterocycles. The summed E-state index contributed by atoms with van der Waals surface area (Å²) in [6.45, 7) is 5.40. The van der Waals surface area contributed by atoms with E-state index in [0.717, 1.165) is 26.1 Å². The van der Waals surface area contributed by atoms with Gasteiger partial charge in [0.15, 0.2) is 0 Å². The van der Waals surface area contributed by atoms with Crippen LogP contribution in [0.3, 0.4) is 0 Å². The van der Waals surface area contributed by atoms with E-state index < -0.39 is 0 Å². The Bertz CT molecular complexity index is 576. The van der Waals surface area contributed by atoms with Crippen LogP contribution in [-0.2, 0) is 6.42 Å². The van der Waals surface area contributed by atoms with Crippen LogP contribution in [0.1, 0.15) is 35.6 Å². The number of likely N-dealkylation sites (tertiary alicyclic amines) is 1. The van der Waals surface area contributed by atoms with E-state index in [1.54, 1.807) is 12.1 Å². The van der Waals surface area contributed by atoms with Crippen molar-refractivity contribution in [1.82, 2.24) is 15.1 Å². The molecule has 1 aliphatic heterocycles. The van der Waals surface area contributed by atoms with Gasteiger partial charge in [-0.1, -0.05) is 12.1 Å². The summed E-state index contributed by atoms with van der Waals surface area (Å²) in [5, 5.41) is 7.30. The zero-order valence-corrected chi connectivity index (χ0v) is 12.5. The standard InChI is InChI=1S/C17H22FN3/c1-13-11-19-20-17(13)15-3-2-9-21(12-15)10-8-14-4-6-16(18)7-5-14/h4-7,11,15H,2-3,8-10,12H2,1H3,(H,19,20)/t15-/m1/s1. The van der Waals surface area contributed by atoms with Gasteiger partial charge in [0.05, 0.1) is 6.20 Å². The second-order valence-electron chi connectivity index (χ2n) is 5.98. The minimum atomic E-state index is -0.161. The highest BCUT2D eigenvalue weighted by atomic mass is 19.1. The molecule has 0 unspecified atom stereocenters. The molecule has 1 fully saturated rings.